The van der Waals surface area contributed by atoms with Crippen molar-refractivity contribution in [2.75, 3.05) is 0 Å². The van der Waals surface area contributed by atoms with Crippen molar-refractivity contribution >= 4 is 32.3 Å². The van der Waals surface area contributed by atoms with Gasteiger partial charge in [0, 0.05) is 37.2 Å². The first-order valence-electron chi connectivity index (χ1n) is 18.7. The van der Waals surface area contributed by atoms with Gasteiger partial charge in [-0.25, -0.2) is 0 Å². The monoisotopic (exact) mass is 786 g/mol. The van der Waals surface area contributed by atoms with Crippen LogP contribution in [0.5, 0.6) is 69.0 Å². The number of pyridine rings is 6. The Morgan fingerprint density at radius 1 is 0.233 bits per heavy atom. The van der Waals surface area contributed by atoms with Gasteiger partial charge in [-0.3, -0.25) is 29.9 Å². The smallest absolute Gasteiger partial charge is 0.170 e. The van der Waals surface area contributed by atoms with E-state index < -0.39 is 0 Å². The minimum atomic E-state index is 0.439. The second kappa shape index (κ2) is 16.1. The third-order valence-electron chi connectivity index (χ3n) is 9.30. The van der Waals surface area contributed by atoms with Crippen molar-refractivity contribution in [1.29, 1.82) is 0 Å². The first-order valence-corrected chi connectivity index (χ1v) is 18.7. The second-order valence-corrected chi connectivity index (χ2v) is 13.3. The van der Waals surface area contributed by atoms with Crippen molar-refractivity contribution in [2.45, 2.75) is 0 Å². The number of hydrogen-bond donors (Lipinski definition) is 0. The number of ether oxygens (including phenoxy) is 6. The van der Waals surface area contributed by atoms with E-state index in [0.29, 0.717) is 69.0 Å². The number of benzene rings is 4. The van der Waals surface area contributed by atoms with Gasteiger partial charge >= 0.3 is 0 Å². The van der Waals surface area contributed by atoms with E-state index in [0.717, 1.165) is 32.3 Å². The third kappa shape index (κ3) is 7.59. The number of aromatic nitrogens is 6. The average Bonchev–Trinajstić information content (AvgIpc) is 3.29. The summed E-state index contributed by atoms with van der Waals surface area (Å²) in [6.45, 7) is 0. The molecule has 0 unspecified atom stereocenters. The van der Waals surface area contributed by atoms with E-state index in [9.17, 15) is 0 Å². The number of rotatable bonds is 12. The second-order valence-electron chi connectivity index (χ2n) is 13.3. The summed E-state index contributed by atoms with van der Waals surface area (Å²) in [5.74, 6) is 5.77. The Morgan fingerprint density at radius 2 is 0.400 bits per heavy atom. The van der Waals surface area contributed by atoms with E-state index in [1.54, 1.807) is 74.4 Å². The minimum absolute atomic E-state index is 0.439. The van der Waals surface area contributed by atoms with Crippen molar-refractivity contribution in [2.24, 2.45) is 0 Å². The van der Waals surface area contributed by atoms with Crippen LogP contribution in [-0.4, -0.2) is 29.9 Å². The Balaban J connectivity index is 1.28. The highest BCUT2D eigenvalue weighted by atomic mass is 16.5. The Kier molecular flexibility index (Phi) is 9.58. The molecule has 0 aliphatic heterocycles. The molecule has 0 fully saturated rings. The first-order chi connectivity index (χ1) is 29.7. The van der Waals surface area contributed by atoms with Crippen LogP contribution in [0.3, 0.4) is 0 Å². The van der Waals surface area contributed by atoms with Gasteiger partial charge in [-0.1, -0.05) is 0 Å². The maximum atomic E-state index is 6.53. The van der Waals surface area contributed by atoms with Gasteiger partial charge < -0.3 is 28.4 Å². The first kappa shape index (κ1) is 35.8. The van der Waals surface area contributed by atoms with Crippen LogP contribution in [0, 0.1) is 0 Å². The predicted molar refractivity (Wildman–Crippen MR) is 225 cm³/mol. The highest BCUT2D eigenvalue weighted by Gasteiger charge is 2.22. The van der Waals surface area contributed by atoms with Gasteiger partial charge in [-0.05, 0) is 142 Å². The molecule has 0 aliphatic carbocycles. The quantitative estimate of drug-likeness (QED) is 0.109. The highest BCUT2D eigenvalue weighted by Crippen LogP contribution is 2.50. The van der Waals surface area contributed by atoms with Crippen LogP contribution in [0.2, 0.25) is 0 Å². The molecule has 60 heavy (non-hydrogen) atoms. The van der Waals surface area contributed by atoms with Crippen LogP contribution in [0.25, 0.3) is 32.3 Å². The van der Waals surface area contributed by atoms with Crippen LogP contribution in [0.4, 0.5) is 0 Å². The van der Waals surface area contributed by atoms with Gasteiger partial charge in [-0.15, -0.1) is 0 Å². The molecule has 10 rings (SSSR count). The molecule has 0 radical (unpaired) electrons. The molecule has 10 aromatic rings. The Morgan fingerprint density at radius 3 is 0.533 bits per heavy atom. The molecule has 6 aromatic heterocycles. The zero-order chi connectivity index (χ0) is 40.1. The van der Waals surface area contributed by atoms with Crippen molar-refractivity contribution in [3.8, 4) is 69.0 Å². The van der Waals surface area contributed by atoms with Gasteiger partial charge in [0.2, 0.25) is 0 Å². The van der Waals surface area contributed by atoms with Crippen LogP contribution in [0.15, 0.2) is 184 Å². The summed E-state index contributed by atoms with van der Waals surface area (Å²) < 4.78 is 39.2. The number of fused-ring (bicyclic) bond motifs is 6. The zero-order valence-electron chi connectivity index (χ0n) is 31.5. The summed E-state index contributed by atoms with van der Waals surface area (Å²) in [4.78, 5) is 25.7. The normalized spacial score (nSPS) is 11.0. The topological polar surface area (TPSA) is 133 Å². The van der Waals surface area contributed by atoms with Gasteiger partial charge in [0.15, 0.2) is 34.5 Å². The summed E-state index contributed by atoms with van der Waals surface area (Å²) in [6, 6.07) is 33.5. The van der Waals surface area contributed by atoms with E-state index in [4.69, 9.17) is 28.4 Å². The highest BCUT2D eigenvalue weighted by molar-refractivity contribution is 6.27. The fourth-order valence-electron chi connectivity index (χ4n) is 6.70. The molecule has 0 spiro atoms. The van der Waals surface area contributed by atoms with Crippen molar-refractivity contribution in [3.05, 3.63) is 184 Å². The van der Waals surface area contributed by atoms with E-state index in [2.05, 4.69) is 29.9 Å². The third-order valence-corrected chi connectivity index (χ3v) is 9.30. The summed E-state index contributed by atoms with van der Waals surface area (Å²) in [6.07, 6.45) is 20.0. The van der Waals surface area contributed by atoms with Crippen molar-refractivity contribution < 1.29 is 28.4 Å². The lowest BCUT2D eigenvalue weighted by atomic mass is 9.93. The molecule has 0 saturated carbocycles. The molecule has 0 saturated heterocycles. The van der Waals surface area contributed by atoms with Crippen molar-refractivity contribution in [3.63, 3.8) is 0 Å². The van der Waals surface area contributed by atoms with E-state index in [-0.39, 0.29) is 0 Å². The average molecular weight is 787 g/mol. The fraction of sp³-hybridized carbons (Fsp3) is 0. The molecule has 0 N–H and O–H groups in total. The van der Waals surface area contributed by atoms with Crippen LogP contribution in [0.1, 0.15) is 0 Å². The van der Waals surface area contributed by atoms with Crippen molar-refractivity contribution in [1.82, 2.24) is 29.9 Å². The van der Waals surface area contributed by atoms with Crippen LogP contribution < -0.4 is 28.4 Å². The Bertz CT molecular complexity index is 2510. The molecule has 0 amide bonds. The van der Waals surface area contributed by atoms with E-state index in [1.165, 1.54) is 0 Å². The van der Waals surface area contributed by atoms with Crippen LogP contribution in [-0.2, 0) is 0 Å². The molecule has 6 heterocycles. The SMILES string of the molecule is c1cncc(Oc2cc3c4cc(Oc5cccnc5)c(Oc5cccnc5)cc4c4cc(Oc5cccnc5)c(Oc5cccnc5)cc4c3cc2Oc2cccnc2)c1. The zero-order valence-corrected chi connectivity index (χ0v) is 31.5. The largest absolute Gasteiger partial charge is 0.452 e. The molecule has 4 aromatic carbocycles. The fourth-order valence-corrected chi connectivity index (χ4v) is 6.70. The summed E-state index contributed by atoms with van der Waals surface area (Å²) >= 11 is 0. The molecule has 12 nitrogen and oxygen atoms in total. The summed E-state index contributed by atoms with van der Waals surface area (Å²) in [7, 11) is 0. The molecular formula is C48H30N6O6. The lowest BCUT2D eigenvalue weighted by Crippen LogP contribution is -1.96. The molecule has 0 atom stereocenters. The molecule has 12 heteroatoms. The number of nitrogens with zero attached hydrogens (tertiary/aromatic N) is 6. The number of hydrogen-bond acceptors (Lipinski definition) is 12. The standard InChI is InChI=1S/C48H30N6O6/c1-7-31(25-49-13-1)55-43-19-37-38(20-44(43)56-32-8-2-14-50-26-32)40-22-46(58-34-10-4-16-52-28-34)48(60-36-12-6-18-54-30-36)24-42(40)41-23-47(59-35-11-5-17-53-29-35)45(21-39(37)41)57-33-9-3-15-51-27-33/h1-30H. The maximum absolute atomic E-state index is 6.53. The lowest BCUT2D eigenvalue weighted by Gasteiger charge is -2.20. The summed E-state index contributed by atoms with van der Waals surface area (Å²) in [5, 5.41) is 4.87. The van der Waals surface area contributed by atoms with Gasteiger partial charge in [0.1, 0.15) is 34.5 Å². The molecule has 288 valence electrons. The van der Waals surface area contributed by atoms with Gasteiger partial charge in [0.25, 0.3) is 0 Å². The summed E-state index contributed by atoms with van der Waals surface area (Å²) in [5.41, 5.74) is 0. The predicted octanol–water partition coefficient (Wildman–Crippen LogP) is 12.3. The van der Waals surface area contributed by atoms with E-state index in [1.807, 2.05) is 109 Å². The minimum Gasteiger partial charge on any atom is -0.452 e. The Labute approximate surface area is 342 Å². The lowest BCUT2D eigenvalue weighted by molar-refractivity contribution is 0.417. The molecule has 0 aliphatic rings. The molecular weight excluding hydrogens is 757 g/mol. The maximum Gasteiger partial charge on any atom is 0.170 e. The van der Waals surface area contributed by atoms with Gasteiger partial charge in [-0.2, -0.15) is 0 Å². The Hall–Kier alpha value is -8.64. The van der Waals surface area contributed by atoms with E-state index >= 15 is 0 Å². The van der Waals surface area contributed by atoms with Crippen LogP contribution >= 0.6 is 0 Å². The molecule has 0 bridgehead atoms. The van der Waals surface area contributed by atoms with Gasteiger partial charge in [0.05, 0.1) is 37.2 Å².